The molecule has 0 saturated heterocycles. The molecule has 0 fully saturated rings. The first-order valence-corrected chi connectivity index (χ1v) is 9.92. The van der Waals surface area contributed by atoms with E-state index in [0.717, 1.165) is 53.2 Å². The standard InChI is InChI=1S/C25H30N4/c1-4-17-29(19-27)20(3)24-8-6-7-21(18-24)9-10-23(15-16-26)22-11-13-25(14-12-22)28-5-2/h6-16,18-19,26-28H,3-5,17H2,1-2H3/b10-9+,23-15+,26-16?,27-19?. The van der Waals surface area contributed by atoms with Gasteiger partial charge in [-0.3, -0.25) is 5.41 Å². The zero-order valence-corrected chi connectivity index (χ0v) is 17.3. The predicted octanol–water partition coefficient (Wildman–Crippen LogP) is 6.15. The first-order valence-electron chi connectivity index (χ1n) is 9.92. The quantitative estimate of drug-likeness (QED) is 0.246. The number of hydrogen-bond acceptors (Lipinski definition) is 3. The van der Waals surface area contributed by atoms with Gasteiger partial charge in [0, 0.05) is 30.7 Å². The van der Waals surface area contributed by atoms with Gasteiger partial charge in [0.2, 0.25) is 0 Å². The van der Waals surface area contributed by atoms with Crippen LogP contribution in [0.15, 0.2) is 67.3 Å². The van der Waals surface area contributed by atoms with Gasteiger partial charge in [0.1, 0.15) is 0 Å². The van der Waals surface area contributed by atoms with Crippen LogP contribution in [0.25, 0.3) is 17.3 Å². The minimum absolute atomic E-state index is 0.775. The predicted molar refractivity (Wildman–Crippen MR) is 128 cm³/mol. The lowest BCUT2D eigenvalue weighted by Crippen LogP contribution is -2.20. The van der Waals surface area contributed by atoms with Crippen LogP contribution in [0.2, 0.25) is 0 Å². The Morgan fingerprint density at radius 1 is 1.07 bits per heavy atom. The Kier molecular flexibility index (Phi) is 8.64. The highest BCUT2D eigenvalue weighted by molar-refractivity contribution is 5.89. The van der Waals surface area contributed by atoms with Crippen molar-refractivity contribution in [2.45, 2.75) is 20.3 Å². The Hall–Kier alpha value is -3.40. The summed E-state index contributed by atoms with van der Waals surface area (Å²) in [6.45, 7) is 9.98. The molecule has 2 aromatic rings. The lowest BCUT2D eigenvalue weighted by molar-refractivity contribution is 0.584. The minimum atomic E-state index is 0.775. The van der Waals surface area contributed by atoms with Crippen LogP contribution in [0.4, 0.5) is 5.69 Å². The summed E-state index contributed by atoms with van der Waals surface area (Å²) in [5, 5.41) is 18.4. The van der Waals surface area contributed by atoms with Crippen molar-refractivity contribution >= 4 is 35.6 Å². The molecule has 0 amide bonds. The zero-order valence-electron chi connectivity index (χ0n) is 17.3. The normalized spacial score (nSPS) is 11.3. The van der Waals surface area contributed by atoms with Crippen molar-refractivity contribution in [2.24, 2.45) is 0 Å². The topological polar surface area (TPSA) is 63.0 Å². The molecule has 0 aromatic heterocycles. The second kappa shape index (κ2) is 11.4. The molecule has 0 aliphatic heterocycles. The van der Waals surface area contributed by atoms with Gasteiger partial charge in [-0.15, -0.1) is 0 Å². The van der Waals surface area contributed by atoms with Gasteiger partial charge in [-0.25, -0.2) is 0 Å². The Morgan fingerprint density at radius 2 is 1.83 bits per heavy atom. The lowest BCUT2D eigenvalue weighted by atomic mass is 10.0. The monoisotopic (exact) mass is 386 g/mol. The van der Waals surface area contributed by atoms with Gasteiger partial charge >= 0.3 is 0 Å². The molecular formula is C25H30N4. The summed E-state index contributed by atoms with van der Waals surface area (Å²) in [4.78, 5) is 1.86. The van der Waals surface area contributed by atoms with Crippen molar-refractivity contribution < 1.29 is 0 Å². The molecule has 0 spiro atoms. The Labute approximate surface area is 174 Å². The molecule has 0 atom stereocenters. The van der Waals surface area contributed by atoms with E-state index in [1.165, 1.54) is 12.6 Å². The van der Waals surface area contributed by atoms with E-state index in [1.807, 2.05) is 35.3 Å². The number of nitrogens with one attached hydrogen (secondary N) is 3. The van der Waals surface area contributed by atoms with Gasteiger partial charge < -0.3 is 15.6 Å². The average molecular weight is 387 g/mol. The summed E-state index contributed by atoms with van der Waals surface area (Å²) in [5.74, 6) is 0. The first-order chi connectivity index (χ1) is 14.1. The van der Waals surface area contributed by atoms with E-state index < -0.39 is 0 Å². The second-order valence-corrected chi connectivity index (χ2v) is 6.62. The number of nitrogens with zero attached hydrogens (tertiary/aromatic N) is 1. The van der Waals surface area contributed by atoms with Crippen LogP contribution < -0.4 is 5.32 Å². The zero-order chi connectivity index (χ0) is 21.1. The molecule has 4 nitrogen and oxygen atoms in total. The molecule has 2 aromatic carbocycles. The van der Waals surface area contributed by atoms with Gasteiger partial charge in [0.15, 0.2) is 0 Å². The van der Waals surface area contributed by atoms with Crippen LogP contribution in [0, 0.1) is 10.8 Å². The molecule has 150 valence electrons. The highest BCUT2D eigenvalue weighted by Gasteiger charge is 2.06. The van der Waals surface area contributed by atoms with Crippen molar-refractivity contribution in [3.05, 3.63) is 84.0 Å². The van der Waals surface area contributed by atoms with Crippen LogP contribution in [-0.2, 0) is 0 Å². The molecule has 2 rings (SSSR count). The molecule has 0 aliphatic rings. The molecular weight excluding hydrogens is 356 g/mol. The van der Waals surface area contributed by atoms with Crippen molar-refractivity contribution in [1.29, 1.82) is 10.8 Å². The molecule has 29 heavy (non-hydrogen) atoms. The summed E-state index contributed by atoms with van der Waals surface area (Å²) in [7, 11) is 0. The van der Waals surface area contributed by atoms with Gasteiger partial charge in [-0.2, -0.15) is 0 Å². The second-order valence-electron chi connectivity index (χ2n) is 6.62. The van der Waals surface area contributed by atoms with Gasteiger partial charge in [0.25, 0.3) is 0 Å². The number of benzene rings is 2. The number of anilines is 1. The van der Waals surface area contributed by atoms with Crippen molar-refractivity contribution in [2.75, 3.05) is 18.4 Å². The molecule has 0 bridgehead atoms. The van der Waals surface area contributed by atoms with Crippen molar-refractivity contribution in [1.82, 2.24) is 4.90 Å². The third-order valence-corrected chi connectivity index (χ3v) is 4.50. The summed E-state index contributed by atoms with van der Waals surface area (Å²) in [5.41, 5.74) is 5.99. The summed E-state index contributed by atoms with van der Waals surface area (Å²) >= 11 is 0. The summed E-state index contributed by atoms with van der Waals surface area (Å²) in [6.07, 6.45) is 9.45. The van der Waals surface area contributed by atoms with Crippen LogP contribution in [0.3, 0.4) is 0 Å². The van der Waals surface area contributed by atoms with Gasteiger partial charge in [-0.1, -0.05) is 56.0 Å². The minimum Gasteiger partial charge on any atom is -0.385 e. The Morgan fingerprint density at radius 3 is 2.45 bits per heavy atom. The molecule has 0 aliphatic carbocycles. The fraction of sp³-hybridized carbons (Fsp3) is 0.200. The largest absolute Gasteiger partial charge is 0.385 e. The Balaban J connectivity index is 2.24. The van der Waals surface area contributed by atoms with E-state index in [-0.39, 0.29) is 0 Å². The van der Waals surface area contributed by atoms with Crippen LogP contribution in [0.1, 0.15) is 37.0 Å². The lowest BCUT2D eigenvalue weighted by Gasteiger charge is -2.21. The van der Waals surface area contributed by atoms with Crippen LogP contribution >= 0.6 is 0 Å². The van der Waals surface area contributed by atoms with Crippen molar-refractivity contribution in [3.63, 3.8) is 0 Å². The van der Waals surface area contributed by atoms with E-state index in [9.17, 15) is 0 Å². The molecule has 4 heteroatoms. The molecule has 3 N–H and O–H groups in total. The van der Waals surface area contributed by atoms with Crippen LogP contribution in [0.5, 0.6) is 0 Å². The SMILES string of the molecule is C=C(c1cccc(/C=C/C(=C\C=N)c2ccc(NCC)cc2)c1)N(C=N)CCC. The van der Waals surface area contributed by atoms with E-state index in [2.05, 4.69) is 56.1 Å². The third kappa shape index (κ3) is 6.32. The van der Waals surface area contributed by atoms with Crippen LogP contribution in [-0.4, -0.2) is 30.5 Å². The highest BCUT2D eigenvalue weighted by Crippen LogP contribution is 2.22. The highest BCUT2D eigenvalue weighted by atomic mass is 15.1. The fourth-order valence-electron chi connectivity index (χ4n) is 3.01. The number of hydrogen-bond donors (Lipinski definition) is 3. The van der Waals surface area contributed by atoms with E-state index in [1.54, 1.807) is 6.08 Å². The molecule has 0 saturated carbocycles. The molecule has 0 radical (unpaired) electrons. The number of allylic oxidation sites excluding steroid dienone is 3. The number of rotatable bonds is 11. The Bertz CT molecular complexity index is 891. The molecule has 0 heterocycles. The van der Waals surface area contributed by atoms with E-state index in [4.69, 9.17) is 10.8 Å². The van der Waals surface area contributed by atoms with Gasteiger partial charge in [0.05, 0.1) is 6.34 Å². The average Bonchev–Trinajstić information content (AvgIpc) is 2.75. The fourth-order valence-corrected chi connectivity index (χ4v) is 3.01. The van der Waals surface area contributed by atoms with E-state index >= 15 is 0 Å². The van der Waals surface area contributed by atoms with E-state index in [0.29, 0.717) is 0 Å². The maximum Gasteiger partial charge on any atom is 0.0861 e. The maximum atomic E-state index is 7.61. The van der Waals surface area contributed by atoms with Gasteiger partial charge in [-0.05, 0) is 59.9 Å². The maximum absolute atomic E-state index is 7.61. The summed E-state index contributed by atoms with van der Waals surface area (Å²) < 4.78 is 0. The molecule has 0 unspecified atom stereocenters. The summed E-state index contributed by atoms with van der Waals surface area (Å²) in [6, 6.07) is 16.3. The third-order valence-electron chi connectivity index (χ3n) is 4.50. The smallest absolute Gasteiger partial charge is 0.0861 e. The van der Waals surface area contributed by atoms with Crippen molar-refractivity contribution in [3.8, 4) is 0 Å². The first kappa shape index (κ1) is 21.9.